The summed E-state index contributed by atoms with van der Waals surface area (Å²) >= 11 is 1.29. The van der Waals surface area contributed by atoms with Gasteiger partial charge in [-0.05, 0) is 32.0 Å². The molecule has 140 valence electrons. The van der Waals surface area contributed by atoms with Crippen molar-refractivity contribution in [2.45, 2.75) is 32.3 Å². The maximum absolute atomic E-state index is 12.6. The van der Waals surface area contributed by atoms with Crippen molar-refractivity contribution in [3.8, 4) is 0 Å². The number of hydrogen-bond acceptors (Lipinski definition) is 5. The van der Waals surface area contributed by atoms with Gasteiger partial charge < -0.3 is 0 Å². The van der Waals surface area contributed by atoms with Gasteiger partial charge in [0.25, 0.3) is 5.91 Å². The molecule has 0 saturated carbocycles. The molecule has 0 atom stereocenters. The standard InChI is InChI=1S/C19H21N5O2S/c1-4-17-20-19(22-21-17)27-11-16(25)15-10-12(2)24(13(15)3)23-18(26)14-8-6-5-7-9-14/h5-10H,4,11H2,1-3H3,(H,23,26)(H,20,21,22). The van der Waals surface area contributed by atoms with Crippen LogP contribution >= 0.6 is 11.8 Å². The Balaban J connectivity index is 1.70. The van der Waals surface area contributed by atoms with Gasteiger partial charge in [0.1, 0.15) is 5.82 Å². The molecule has 27 heavy (non-hydrogen) atoms. The van der Waals surface area contributed by atoms with Crippen LogP contribution in [0.25, 0.3) is 0 Å². The molecule has 0 saturated heterocycles. The van der Waals surface area contributed by atoms with Gasteiger partial charge >= 0.3 is 0 Å². The lowest BCUT2D eigenvalue weighted by Gasteiger charge is -2.11. The van der Waals surface area contributed by atoms with Crippen molar-refractivity contribution < 1.29 is 9.59 Å². The summed E-state index contributed by atoms with van der Waals surface area (Å²) in [6, 6.07) is 10.8. The van der Waals surface area contributed by atoms with E-state index in [9.17, 15) is 9.59 Å². The molecule has 0 bridgehead atoms. The van der Waals surface area contributed by atoms with E-state index in [2.05, 4.69) is 20.6 Å². The third kappa shape index (κ3) is 4.28. The number of aromatic nitrogens is 4. The van der Waals surface area contributed by atoms with E-state index in [0.717, 1.165) is 17.9 Å². The smallest absolute Gasteiger partial charge is 0.270 e. The zero-order valence-electron chi connectivity index (χ0n) is 15.4. The predicted molar refractivity (Wildman–Crippen MR) is 105 cm³/mol. The summed E-state index contributed by atoms with van der Waals surface area (Å²) in [5.41, 5.74) is 5.48. The van der Waals surface area contributed by atoms with Gasteiger partial charge in [-0.3, -0.25) is 24.8 Å². The Morgan fingerprint density at radius 1 is 1.22 bits per heavy atom. The first-order chi connectivity index (χ1) is 13.0. The zero-order chi connectivity index (χ0) is 19.4. The van der Waals surface area contributed by atoms with Gasteiger partial charge in [-0.15, -0.1) is 5.10 Å². The van der Waals surface area contributed by atoms with Gasteiger partial charge in [-0.25, -0.2) is 4.98 Å². The highest BCUT2D eigenvalue weighted by molar-refractivity contribution is 7.99. The molecule has 3 rings (SSSR count). The number of hydrogen-bond donors (Lipinski definition) is 2. The van der Waals surface area contributed by atoms with Crippen molar-refractivity contribution in [3.63, 3.8) is 0 Å². The van der Waals surface area contributed by atoms with Gasteiger partial charge in [-0.1, -0.05) is 36.9 Å². The molecule has 2 aromatic heterocycles. The van der Waals surface area contributed by atoms with Crippen LogP contribution < -0.4 is 5.43 Å². The summed E-state index contributed by atoms with van der Waals surface area (Å²) in [6.45, 7) is 5.65. The number of carbonyl (C=O) groups excluding carboxylic acids is 2. The van der Waals surface area contributed by atoms with Crippen molar-refractivity contribution in [1.29, 1.82) is 0 Å². The highest BCUT2D eigenvalue weighted by atomic mass is 32.2. The second-order valence-electron chi connectivity index (χ2n) is 6.06. The Morgan fingerprint density at radius 3 is 2.63 bits per heavy atom. The number of benzene rings is 1. The molecule has 0 radical (unpaired) electrons. The van der Waals surface area contributed by atoms with Gasteiger partial charge in [-0.2, -0.15) is 0 Å². The molecule has 8 heteroatoms. The number of ketones is 1. The SMILES string of the molecule is CCc1nc(SCC(=O)c2cc(C)n(NC(=O)c3ccccc3)c2C)n[nH]1. The van der Waals surface area contributed by atoms with E-state index in [1.54, 1.807) is 22.9 Å². The number of H-pyrrole nitrogens is 1. The molecule has 7 nitrogen and oxygen atoms in total. The highest BCUT2D eigenvalue weighted by Crippen LogP contribution is 2.19. The number of nitrogens with one attached hydrogen (secondary N) is 2. The van der Waals surface area contributed by atoms with Gasteiger partial charge in [0.15, 0.2) is 5.78 Å². The average Bonchev–Trinajstić information content (AvgIpc) is 3.26. The maximum atomic E-state index is 12.6. The van der Waals surface area contributed by atoms with E-state index in [1.807, 2.05) is 39.0 Å². The lowest BCUT2D eigenvalue weighted by Crippen LogP contribution is -2.25. The fourth-order valence-electron chi connectivity index (χ4n) is 2.68. The maximum Gasteiger partial charge on any atom is 0.270 e. The van der Waals surface area contributed by atoms with E-state index >= 15 is 0 Å². The monoisotopic (exact) mass is 383 g/mol. The van der Waals surface area contributed by atoms with Crippen molar-refractivity contribution in [2.24, 2.45) is 0 Å². The summed E-state index contributed by atoms with van der Waals surface area (Å²) in [6.07, 6.45) is 0.768. The molecule has 2 heterocycles. The van der Waals surface area contributed by atoms with Crippen LogP contribution in [0, 0.1) is 13.8 Å². The molecule has 2 N–H and O–H groups in total. The number of carbonyl (C=O) groups is 2. The average molecular weight is 383 g/mol. The van der Waals surface area contributed by atoms with Gasteiger partial charge in [0.2, 0.25) is 5.16 Å². The predicted octanol–water partition coefficient (Wildman–Crippen LogP) is 3.14. The topological polar surface area (TPSA) is 92.7 Å². The van der Waals surface area contributed by atoms with E-state index < -0.39 is 0 Å². The Hall–Kier alpha value is -2.87. The van der Waals surface area contributed by atoms with Crippen molar-refractivity contribution >= 4 is 23.5 Å². The molecular formula is C19H21N5O2S. The molecular weight excluding hydrogens is 362 g/mol. The summed E-state index contributed by atoms with van der Waals surface area (Å²) in [5, 5.41) is 7.48. The second-order valence-corrected chi connectivity index (χ2v) is 7.00. The normalized spacial score (nSPS) is 10.8. The first kappa shape index (κ1) is 18.9. The van der Waals surface area contributed by atoms with E-state index in [-0.39, 0.29) is 17.4 Å². The Labute approximate surface area is 161 Å². The fraction of sp³-hybridized carbons (Fsp3) is 0.263. The number of thioether (sulfide) groups is 1. The molecule has 3 aromatic rings. The van der Waals surface area contributed by atoms with Crippen molar-refractivity contribution in [2.75, 3.05) is 11.2 Å². The molecule has 0 aliphatic carbocycles. The molecule has 1 amide bonds. The summed E-state index contributed by atoms with van der Waals surface area (Å²) in [4.78, 5) is 29.3. The van der Waals surface area contributed by atoms with Crippen molar-refractivity contribution in [1.82, 2.24) is 19.9 Å². The van der Waals surface area contributed by atoms with Crippen LogP contribution in [0.4, 0.5) is 0 Å². The second kappa shape index (κ2) is 8.22. The first-order valence-corrected chi connectivity index (χ1v) is 9.60. The molecule has 0 spiro atoms. The highest BCUT2D eigenvalue weighted by Gasteiger charge is 2.18. The molecule has 1 aromatic carbocycles. The first-order valence-electron chi connectivity index (χ1n) is 8.62. The Bertz CT molecular complexity index is 962. The minimum absolute atomic E-state index is 0.0313. The molecule has 0 aliphatic heterocycles. The van der Waals surface area contributed by atoms with Crippen LogP contribution in [0.3, 0.4) is 0 Å². The van der Waals surface area contributed by atoms with Crippen LogP contribution in [0.1, 0.15) is 44.9 Å². The Morgan fingerprint density at radius 2 is 1.96 bits per heavy atom. The van der Waals surface area contributed by atoms with E-state index in [0.29, 0.717) is 22.0 Å². The quantitative estimate of drug-likeness (QED) is 0.483. The summed E-state index contributed by atoms with van der Waals surface area (Å²) in [7, 11) is 0. The number of aromatic amines is 1. The van der Waals surface area contributed by atoms with Crippen molar-refractivity contribution in [3.05, 3.63) is 64.7 Å². The Kier molecular flexibility index (Phi) is 5.75. The number of nitrogens with zero attached hydrogens (tertiary/aromatic N) is 3. The van der Waals surface area contributed by atoms with Crippen LogP contribution in [0.2, 0.25) is 0 Å². The molecule has 0 aliphatic rings. The third-order valence-corrected chi connectivity index (χ3v) is 5.01. The lowest BCUT2D eigenvalue weighted by molar-refractivity contribution is 0.0999. The van der Waals surface area contributed by atoms with Crippen LogP contribution in [-0.2, 0) is 6.42 Å². The zero-order valence-corrected chi connectivity index (χ0v) is 16.3. The minimum Gasteiger partial charge on any atom is -0.293 e. The number of amides is 1. The molecule has 0 fully saturated rings. The third-order valence-electron chi connectivity index (χ3n) is 4.16. The van der Waals surface area contributed by atoms with Crippen LogP contribution in [0.5, 0.6) is 0 Å². The van der Waals surface area contributed by atoms with E-state index in [1.165, 1.54) is 11.8 Å². The lowest BCUT2D eigenvalue weighted by atomic mass is 10.2. The number of aryl methyl sites for hydroxylation is 2. The van der Waals surface area contributed by atoms with Gasteiger partial charge in [0, 0.05) is 28.9 Å². The number of rotatable bonds is 7. The minimum atomic E-state index is -0.224. The van der Waals surface area contributed by atoms with E-state index in [4.69, 9.17) is 0 Å². The van der Waals surface area contributed by atoms with Crippen LogP contribution in [0.15, 0.2) is 41.6 Å². The summed E-state index contributed by atoms with van der Waals surface area (Å²) < 4.78 is 1.65. The number of Topliss-reactive ketones (excluding diaryl/α,β-unsaturated/α-hetero) is 1. The van der Waals surface area contributed by atoms with Gasteiger partial charge in [0.05, 0.1) is 5.75 Å². The molecule has 0 unspecified atom stereocenters. The van der Waals surface area contributed by atoms with Crippen LogP contribution in [-0.4, -0.2) is 37.3 Å². The summed E-state index contributed by atoms with van der Waals surface area (Å²) in [5.74, 6) is 0.777. The fourth-order valence-corrected chi connectivity index (χ4v) is 3.38. The largest absolute Gasteiger partial charge is 0.293 e.